The van der Waals surface area contributed by atoms with Crippen molar-refractivity contribution in [2.45, 2.75) is 83.2 Å². The second kappa shape index (κ2) is 14.6. The van der Waals surface area contributed by atoms with E-state index in [1.807, 2.05) is 6.07 Å². The molecule has 2 atom stereocenters. The molecule has 0 saturated heterocycles. The van der Waals surface area contributed by atoms with E-state index in [1.165, 1.54) is 19.4 Å². The van der Waals surface area contributed by atoms with Crippen molar-refractivity contribution in [1.29, 1.82) is 0 Å². The molecular formula is C30H41N3O10P2. The second-order valence-corrected chi connectivity index (χ2v) is 15.0. The van der Waals surface area contributed by atoms with E-state index in [0.29, 0.717) is 31.1 Å². The van der Waals surface area contributed by atoms with E-state index < -0.39 is 55.6 Å². The van der Waals surface area contributed by atoms with Crippen LogP contribution in [0.25, 0.3) is 0 Å². The third kappa shape index (κ3) is 9.25. The predicted molar refractivity (Wildman–Crippen MR) is 167 cm³/mol. The smallest absolute Gasteiger partial charge is 0.357 e. The fraction of sp³-hybridized carbons (Fsp3) is 0.500. The first-order valence-electron chi connectivity index (χ1n) is 15.1. The SMILES string of the molecule is CC(=O)N[C@@H](Cc1ccc(P(=O)(O)O)c(P(=O)(O)O)c1)C(=O)N[C@H]1CCCCc2cc(OCC3CCCCC3)c(C(N)=O)cc21. The van der Waals surface area contributed by atoms with Gasteiger partial charge in [-0.05, 0) is 79.0 Å². The minimum atomic E-state index is -5.10. The number of benzene rings is 2. The second-order valence-electron chi connectivity index (χ2n) is 11.9. The highest BCUT2D eigenvalue weighted by atomic mass is 31.2. The lowest BCUT2D eigenvalue weighted by Crippen LogP contribution is -2.48. The van der Waals surface area contributed by atoms with Gasteiger partial charge < -0.3 is 40.7 Å². The molecule has 0 unspecified atom stereocenters. The highest BCUT2D eigenvalue weighted by Gasteiger charge is 2.32. The van der Waals surface area contributed by atoms with Crippen LogP contribution in [-0.4, -0.2) is 49.9 Å². The molecule has 246 valence electrons. The van der Waals surface area contributed by atoms with E-state index in [0.717, 1.165) is 61.8 Å². The van der Waals surface area contributed by atoms with Crippen LogP contribution in [0.4, 0.5) is 0 Å². The van der Waals surface area contributed by atoms with Crippen LogP contribution in [0.15, 0.2) is 30.3 Å². The number of aryl methyl sites for hydroxylation is 1. The summed E-state index contributed by atoms with van der Waals surface area (Å²) in [6, 6.07) is 4.88. The molecule has 1 fully saturated rings. The molecule has 0 aromatic heterocycles. The standard InChI is InChI=1S/C30H41N3O10P2/c1-18(34)32-25(13-20-11-12-27(44(37,38)39)28(14-20)45(40,41)42)30(36)33-24-10-6-5-9-21-15-26(23(29(31)35)16-22(21)24)43-17-19-7-3-2-4-8-19/h11-12,14-16,19,24-25H,2-10,13,17H2,1H3,(H2,31,35)(H,32,34)(H,33,36)(H2,37,38,39)(H2,40,41,42)/t24-,25-/m0/s1. The highest BCUT2D eigenvalue weighted by Crippen LogP contribution is 2.40. The summed E-state index contributed by atoms with van der Waals surface area (Å²) in [5.74, 6) is -0.926. The van der Waals surface area contributed by atoms with Crippen molar-refractivity contribution in [2.24, 2.45) is 11.7 Å². The van der Waals surface area contributed by atoms with E-state index in [1.54, 1.807) is 6.07 Å². The molecular weight excluding hydrogens is 624 g/mol. The fourth-order valence-corrected chi connectivity index (χ4v) is 8.28. The van der Waals surface area contributed by atoms with Gasteiger partial charge in [-0.15, -0.1) is 0 Å². The first-order valence-corrected chi connectivity index (χ1v) is 18.3. The zero-order chi connectivity index (χ0) is 32.9. The van der Waals surface area contributed by atoms with Crippen LogP contribution in [0.2, 0.25) is 0 Å². The molecule has 2 aromatic rings. The summed E-state index contributed by atoms with van der Waals surface area (Å²) in [6.07, 6.45) is 8.32. The summed E-state index contributed by atoms with van der Waals surface area (Å²) in [5.41, 5.74) is 7.77. The molecule has 0 bridgehead atoms. The Bertz CT molecular complexity index is 1530. The summed E-state index contributed by atoms with van der Waals surface area (Å²) in [4.78, 5) is 76.8. The van der Waals surface area contributed by atoms with Crippen molar-refractivity contribution < 1.29 is 47.8 Å². The largest absolute Gasteiger partial charge is 0.492 e. The minimum absolute atomic E-state index is 0.163. The topological polar surface area (TPSA) is 226 Å². The lowest BCUT2D eigenvalue weighted by molar-refractivity contribution is -0.128. The molecule has 8 N–H and O–H groups in total. The van der Waals surface area contributed by atoms with Gasteiger partial charge in [0.2, 0.25) is 11.8 Å². The molecule has 0 spiro atoms. The Morgan fingerprint density at radius 3 is 2.22 bits per heavy atom. The van der Waals surface area contributed by atoms with Gasteiger partial charge in [0.1, 0.15) is 11.8 Å². The number of fused-ring (bicyclic) bond motifs is 1. The number of nitrogens with one attached hydrogen (secondary N) is 2. The average Bonchev–Trinajstić information content (AvgIpc) is 3.15. The highest BCUT2D eigenvalue weighted by molar-refractivity contribution is 7.67. The van der Waals surface area contributed by atoms with E-state index in [-0.39, 0.29) is 17.5 Å². The van der Waals surface area contributed by atoms with Crippen molar-refractivity contribution in [3.05, 3.63) is 52.6 Å². The molecule has 0 radical (unpaired) electrons. The Morgan fingerprint density at radius 1 is 0.933 bits per heavy atom. The van der Waals surface area contributed by atoms with E-state index in [9.17, 15) is 43.1 Å². The number of hydrogen-bond acceptors (Lipinski definition) is 6. The first-order chi connectivity index (χ1) is 21.1. The number of rotatable bonds is 11. The maximum absolute atomic E-state index is 13.6. The lowest BCUT2D eigenvalue weighted by Gasteiger charge is -2.26. The molecule has 4 rings (SSSR count). The first kappa shape index (κ1) is 34.8. The number of nitrogens with two attached hydrogens (primary N) is 1. The zero-order valence-corrected chi connectivity index (χ0v) is 26.9. The molecule has 2 aliphatic rings. The average molecular weight is 666 g/mol. The maximum atomic E-state index is 13.6. The molecule has 15 heteroatoms. The molecule has 13 nitrogen and oxygen atoms in total. The minimum Gasteiger partial charge on any atom is -0.492 e. The predicted octanol–water partition coefficient (Wildman–Crippen LogP) is 1.98. The molecule has 2 aliphatic carbocycles. The van der Waals surface area contributed by atoms with Crippen molar-refractivity contribution >= 4 is 43.5 Å². The van der Waals surface area contributed by atoms with Crippen molar-refractivity contribution in [3.63, 3.8) is 0 Å². The summed E-state index contributed by atoms with van der Waals surface area (Å²) in [5, 5.41) is 3.85. The summed E-state index contributed by atoms with van der Waals surface area (Å²) in [7, 11) is -10.1. The Morgan fingerprint density at radius 2 is 1.60 bits per heavy atom. The van der Waals surface area contributed by atoms with Crippen LogP contribution >= 0.6 is 15.2 Å². The molecule has 0 heterocycles. The molecule has 0 aliphatic heterocycles. The Kier molecular flexibility index (Phi) is 11.3. The van der Waals surface area contributed by atoms with Crippen LogP contribution in [0.3, 0.4) is 0 Å². The van der Waals surface area contributed by atoms with Gasteiger partial charge in [-0.2, -0.15) is 0 Å². The summed E-state index contributed by atoms with van der Waals surface area (Å²) < 4.78 is 30.0. The normalized spacial score (nSPS) is 18.3. The van der Waals surface area contributed by atoms with E-state index in [2.05, 4.69) is 10.6 Å². The zero-order valence-electron chi connectivity index (χ0n) is 25.1. The van der Waals surface area contributed by atoms with Gasteiger partial charge in [0, 0.05) is 13.3 Å². The monoisotopic (exact) mass is 665 g/mol. The van der Waals surface area contributed by atoms with Crippen LogP contribution in [0.5, 0.6) is 5.75 Å². The number of ether oxygens (including phenoxy) is 1. The van der Waals surface area contributed by atoms with Crippen molar-refractivity contribution in [1.82, 2.24) is 10.6 Å². The van der Waals surface area contributed by atoms with Gasteiger partial charge in [0.05, 0.1) is 28.8 Å². The Labute approximate surface area is 261 Å². The number of primary amides is 1. The maximum Gasteiger partial charge on any atom is 0.357 e. The molecule has 3 amide bonds. The lowest BCUT2D eigenvalue weighted by atomic mass is 9.90. The van der Waals surface area contributed by atoms with Crippen LogP contribution < -0.4 is 31.7 Å². The van der Waals surface area contributed by atoms with Crippen LogP contribution in [0, 0.1) is 5.92 Å². The van der Waals surface area contributed by atoms with Crippen molar-refractivity contribution in [2.75, 3.05) is 6.61 Å². The quantitative estimate of drug-likeness (QED) is 0.136. The van der Waals surface area contributed by atoms with Crippen molar-refractivity contribution in [3.8, 4) is 5.75 Å². The summed E-state index contributed by atoms with van der Waals surface area (Å²) >= 11 is 0. The third-order valence-electron chi connectivity index (χ3n) is 8.39. The molecule has 45 heavy (non-hydrogen) atoms. The number of amides is 3. The van der Waals surface area contributed by atoms with Gasteiger partial charge in [0.15, 0.2) is 0 Å². The van der Waals surface area contributed by atoms with Gasteiger partial charge >= 0.3 is 15.2 Å². The fourth-order valence-electron chi connectivity index (χ4n) is 6.16. The molecule has 1 saturated carbocycles. The third-order valence-corrected chi connectivity index (χ3v) is 10.6. The number of carbonyl (C=O) groups excluding carboxylic acids is 3. The number of hydrogen-bond donors (Lipinski definition) is 7. The van der Waals surface area contributed by atoms with E-state index >= 15 is 0 Å². The molecule has 2 aromatic carbocycles. The van der Waals surface area contributed by atoms with E-state index in [4.69, 9.17) is 10.5 Å². The summed E-state index contributed by atoms with van der Waals surface area (Å²) in [6.45, 7) is 1.71. The Hall–Kier alpha value is -3.05. The Balaban J connectivity index is 1.60. The van der Waals surface area contributed by atoms with Crippen LogP contribution in [-0.2, 0) is 31.6 Å². The van der Waals surface area contributed by atoms with Crippen LogP contribution in [0.1, 0.15) is 91.4 Å². The van der Waals surface area contributed by atoms with Gasteiger partial charge in [-0.25, -0.2) is 0 Å². The van der Waals surface area contributed by atoms with Gasteiger partial charge in [-0.3, -0.25) is 23.5 Å². The van der Waals surface area contributed by atoms with Gasteiger partial charge in [-0.1, -0.05) is 31.7 Å². The van der Waals surface area contributed by atoms with Gasteiger partial charge in [0.25, 0.3) is 5.91 Å². The number of carbonyl (C=O) groups is 3.